The summed E-state index contributed by atoms with van der Waals surface area (Å²) in [5, 5.41) is 3.37. The summed E-state index contributed by atoms with van der Waals surface area (Å²) in [7, 11) is -3.45. The van der Waals surface area contributed by atoms with E-state index in [9.17, 15) is 8.42 Å². The van der Waals surface area contributed by atoms with Crippen LogP contribution in [0.4, 0.5) is 0 Å². The normalized spacial score (nSPS) is 18.1. The molecule has 2 heterocycles. The molecule has 1 aliphatic rings. The molecule has 102 valence electrons. The lowest BCUT2D eigenvalue weighted by molar-refractivity contribution is 0.372. The molecule has 1 aliphatic heterocycles. The third-order valence-electron chi connectivity index (χ3n) is 3.27. The Kier molecular flexibility index (Phi) is 4.36. The molecule has 18 heavy (non-hydrogen) atoms. The Morgan fingerprint density at radius 2 is 2.22 bits per heavy atom. The zero-order chi connectivity index (χ0) is 13.0. The Labute approximate surface area is 108 Å². The first-order valence-electron chi connectivity index (χ1n) is 6.34. The van der Waals surface area contributed by atoms with Gasteiger partial charge in [-0.15, -0.1) is 0 Å². The van der Waals surface area contributed by atoms with Crippen molar-refractivity contribution in [2.24, 2.45) is 5.92 Å². The van der Waals surface area contributed by atoms with Crippen molar-refractivity contribution < 1.29 is 8.42 Å². The van der Waals surface area contributed by atoms with Gasteiger partial charge in [0, 0.05) is 19.3 Å². The summed E-state index contributed by atoms with van der Waals surface area (Å²) >= 11 is 0. The highest BCUT2D eigenvalue weighted by molar-refractivity contribution is 7.89. The van der Waals surface area contributed by atoms with Gasteiger partial charge in [-0.25, -0.2) is 18.1 Å². The second-order valence-electron chi connectivity index (χ2n) is 4.59. The van der Waals surface area contributed by atoms with Gasteiger partial charge < -0.3 is 9.88 Å². The number of imidazole rings is 1. The fourth-order valence-corrected chi connectivity index (χ4v) is 3.10. The summed E-state index contributed by atoms with van der Waals surface area (Å²) in [6.07, 6.45) is 5.14. The molecule has 0 bridgehead atoms. The molecule has 2 N–H and O–H groups in total. The van der Waals surface area contributed by atoms with Crippen molar-refractivity contribution in [3.05, 3.63) is 12.5 Å². The molecule has 0 aromatic carbocycles. The van der Waals surface area contributed by atoms with Crippen LogP contribution in [-0.2, 0) is 16.6 Å². The molecule has 0 unspecified atom stereocenters. The van der Waals surface area contributed by atoms with Crippen LogP contribution in [0, 0.1) is 5.92 Å². The van der Waals surface area contributed by atoms with Crippen LogP contribution in [0.3, 0.4) is 0 Å². The van der Waals surface area contributed by atoms with Crippen molar-refractivity contribution in [2.45, 2.75) is 31.3 Å². The number of rotatable bonds is 5. The van der Waals surface area contributed by atoms with E-state index in [0.29, 0.717) is 12.5 Å². The van der Waals surface area contributed by atoms with Crippen LogP contribution in [-0.4, -0.2) is 37.6 Å². The third-order valence-corrected chi connectivity index (χ3v) is 4.58. The average Bonchev–Trinajstić information content (AvgIpc) is 2.87. The average molecular weight is 272 g/mol. The van der Waals surface area contributed by atoms with Gasteiger partial charge in [-0.05, 0) is 38.8 Å². The first-order chi connectivity index (χ1) is 8.62. The maximum absolute atomic E-state index is 12.0. The third kappa shape index (κ3) is 3.30. The van der Waals surface area contributed by atoms with Crippen LogP contribution in [0.25, 0.3) is 0 Å². The van der Waals surface area contributed by atoms with Crippen LogP contribution in [0.1, 0.15) is 19.8 Å². The molecule has 1 aromatic rings. The minimum absolute atomic E-state index is 0.110. The summed E-state index contributed by atoms with van der Waals surface area (Å²) in [6, 6.07) is 0. The second-order valence-corrected chi connectivity index (χ2v) is 6.30. The SMILES string of the molecule is CCn1cnc(S(=O)(=O)NCC2CCNCC2)c1. The van der Waals surface area contributed by atoms with E-state index in [-0.39, 0.29) is 5.03 Å². The molecule has 6 nitrogen and oxygen atoms in total. The lowest BCUT2D eigenvalue weighted by Crippen LogP contribution is -2.36. The van der Waals surface area contributed by atoms with Crippen molar-refractivity contribution in [3.63, 3.8) is 0 Å². The largest absolute Gasteiger partial charge is 0.336 e. The van der Waals surface area contributed by atoms with Crippen LogP contribution >= 0.6 is 0 Å². The lowest BCUT2D eigenvalue weighted by Gasteiger charge is -2.22. The van der Waals surface area contributed by atoms with Gasteiger partial charge in [-0.1, -0.05) is 0 Å². The molecule has 7 heteroatoms. The molecule has 1 aromatic heterocycles. The van der Waals surface area contributed by atoms with Gasteiger partial charge in [0.2, 0.25) is 0 Å². The van der Waals surface area contributed by atoms with Crippen molar-refractivity contribution in [3.8, 4) is 0 Å². The van der Waals surface area contributed by atoms with E-state index in [1.807, 2.05) is 6.92 Å². The smallest absolute Gasteiger partial charge is 0.259 e. The Bertz CT molecular complexity index is 477. The molecule has 0 spiro atoms. The van der Waals surface area contributed by atoms with E-state index in [1.165, 1.54) is 0 Å². The quantitative estimate of drug-likeness (QED) is 0.802. The number of hydrogen-bond donors (Lipinski definition) is 2. The molecule has 0 amide bonds. The summed E-state index contributed by atoms with van der Waals surface area (Å²) < 4.78 is 28.4. The van der Waals surface area contributed by atoms with E-state index >= 15 is 0 Å². The van der Waals surface area contributed by atoms with Gasteiger partial charge in [0.05, 0.1) is 6.33 Å². The highest BCUT2D eigenvalue weighted by Crippen LogP contribution is 2.12. The number of aromatic nitrogens is 2. The number of piperidine rings is 1. The molecule has 0 aliphatic carbocycles. The van der Waals surface area contributed by atoms with E-state index in [2.05, 4.69) is 15.0 Å². The van der Waals surface area contributed by atoms with Crippen LogP contribution in [0.2, 0.25) is 0 Å². The number of sulfonamides is 1. The number of aryl methyl sites for hydroxylation is 1. The van der Waals surface area contributed by atoms with Gasteiger partial charge in [0.25, 0.3) is 10.0 Å². The van der Waals surface area contributed by atoms with Gasteiger partial charge in [-0.2, -0.15) is 0 Å². The van der Waals surface area contributed by atoms with Gasteiger partial charge >= 0.3 is 0 Å². The van der Waals surface area contributed by atoms with Gasteiger partial charge in [-0.3, -0.25) is 0 Å². The summed E-state index contributed by atoms with van der Waals surface area (Å²) in [6.45, 7) is 5.11. The summed E-state index contributed by atoms with van der Waals surface area (Å²) in [5.74, 6) is 0.425. The first-order valence-corrected chi connectivity index (χ1v) is 7.82. The lowest BCUT2D eigenvalue weighted by atomic mass is 9.99. The van der Waals surface area contributed by atoms with E-state index in [1.54, 1.807) is 17.1 Å². The molecule has 2 rings (SSSR count). The fraction of sp³-hybridized carbons (Fsp3) is 0.727. The number of nitrogens with zero attached hydrogens (tertiary/aromatic N) is 2. The van der Waals surface area contributed by atoms with E-state index in [0.717, 1.165) is 32.5 Å². The van der Waals surface area contributed by atoms with Crippen LogP contribution < -0.4 is 10.0 Å². The zero-order valence-electron chi connectivity index (χ0n) is 10.6. The van der Waals surface area contributed by atoms with Crippen molar-refractivity contribution >= 4 is 10.0 Å². The molecule has 0 saturated carbocycles. The first kappa shape index (κ1) is 13.5. The van der Waals surface area contributed by atoms with Crippen LogP contribution in [0.15, 0.2) is 17.6 Å². The van der Waals surface area contributed by atoms with Gasteiger partial charge in [0.15, 0.2) is 5.03 Å². The molecular weight excluding hydrogens is 252 g/mol. The molecule has 1 saturated heterocycles. The summed E-state index contributed by atoms with van der Waals surface area (Å²) in [4.78, 5) is 3.92. The second kappa shape index (κ2) is 5.81. The van der Waals surface area contributed by atoms with Crippen LogP contribution in [0.5, 0.6) is 0 Å². The number of hydrogen-bond acceptors (Lipinski definition) is 4. The Hall–Kier alpha value is -0.920. The fourth-order valence-electron chi connectivity index (χ4n) is 2.04. The predicted octanol–water partition coefficient (Wildman–Crippen LogP) is 0.181. The highest BCUT2D eigenvalue weighted by Gasteiger charge is 2.20. The number of nitrogens with one attached hydrogen (secondary N) is 2. The highest BCUT2D eigenvalue weighted by atomic mass is 32.2. The Morgan fingerprint density at radius 1 is 1.50 bits per heavy atom. The van der Waals surface area contributed by atoms with Crippen molar-refractivity contribution in [2.75, 3.05) is 19.6 Å². The summed E-state index contributed by atoms with van der Waals surface area (Å²) in [5.41, 5.74) is 0. The minimum atomic E-state index is -3.45. The molecule has 0 atom stereocenters. The zero-order valence-corrected chi connectivity index (χ0v) is 11.4. The molecule has 1 fully saturated rings. The maximum atomic E-state index is 12.0. The van der Waals surface area contributed by atoms with Gasteiger partial charge in [0.1, 0.15) is 0 Å². The van der Waals surface area contributed by atoms with E-state index < -0.39 is 10.0 Å². The topological polar surface area (TPSA) is 76.0 Å². The predicted molar refractivity (Wildman–Crippen MR) is 68.7 cm³/mol. The maximum Gasteiger partial charge on any atom is 0.259 e. The Morgan fingerprint density at radius 3 is 2.83 bits per heavy atom. The monoisotopic (exact) mass is 272 g/mol. The minimum Gasteiger partial charge on any atom is -0.336 e. The Balaban J connectivity index is 1.94. The molecule has 0 radical (unpaired) electrons. The van der Waals surface area contributed by atoms with Crippen molar-refractivity contribution in [1.29, 1.82) is 0 Å². The molecular formula is C11H20N4O2S. The standard InChI is InChI=1S/C11H20N4O2S/c1-2-15-8-11(13-9-15)18(16,17)14-7-10-3-5-12-6-4-10/h8-10,12,14H,2-7H2,1H3. The van der Waals surface area contributed by atoms with E-state index in [4.69, 9.17) is 0 Å². The van der Waals surface area contributed by atoms with Crippen molar-refractivity contribution in [1.82, 2.24) is 19.6 Å².